The minimum Gasteiger partial charge on any atom is -0.354 e. The zero-order valence-electron chi connectivity index (χ0n) is 8.79. The molecule has 84 valence electrons. The summed E-state index contributed by atoms with van der Waals surface area (Å²) in [6, 6.07) is -0.0156. The van der Waals surface area contributed by atoms with E-state index in [0.717, 1.165) is 19.4 Å². The highest BCUT2D eigenvalue weighted by Gasteiger charge is 2.27. The van der Waals surface area contributed by atoms with Crippen LogP contribution in [0.4, 0.5) is 0 Å². The second-order valence-electron chi connectivity index (χ2n) is 4.07. The van der Waals surface area contributed by atoms with Crippen molar-refractivity contribution >= 4 is 11.8 Å². The Kier molecular flexibility index (Phi) is 3.20. The monoisotopic (exact) mass is 211 g/mol. The van der Waals surface area contributed by atoms with Crippen molar-refractivity contribution in [2.75, 3.05) is 26.2 Å². The number of nitrogens with one attached hydrogen (secondary N) is 2. The number of hydrogen-bond donors (Lipinski definition) is 2. The van der Waals surface area contributed by atoms with Gasteiger partial charge < -0.3 is 15.5 Å². The van der Waals surface area contributed by atoms with Gasteiger partial charge in [0.15, 0.2) is 0 Å². The Morgan fingerprint density at radius 1 is 1.33 bits per heavy atom. The van der Waals surface area contributed by atoms with Crippen molar-refractivity contribution in [1.29, 1.82) is 0 Å². The largest absolute Gasteiger partial charge is 0.354 e. The van der Waals surface area contributed by atoms with Crippen LogP contribution in [0, 0.1) is 0 Å². The number of nitrogens with zero attached hydrogens (tertiary/aromatic N) is 1. The first-order valence-electron chi connectivity index (χ1n) is 5.56. The molecule has 15 heavy (non-hydrogen) atoms. The van der Waals surface area contributed by atoms with Crippen molar-refractivity contribution in [2.24, 2.45) is 0 Å². The van der Waals surface area contributed by atoms with Gasteiger partial charge in [-0.2, -0.15) is 0 Å². The maximum Gasteiger partial charge on any atom is 0.239 e. The minimum atomic E-state index is -0.0156. The molecule has 2 saturated heterocycles. The van der Waals surface area contributed by atoms with Crippen LogP contribution in [0.2, 0.25) is 0 Å². The lowest BCUT2D eigenvalue weighted by Crippen LogP contribution is -2.44. The van der Waals surface area contributed by atoms with E-state index >= 15 is 0 Å². The summed E-state index contributed by atoms with van der Waals surface area (Å²) in [6.07, 6.45) is 2.43. The van der Waals surface area contributed by atoms with Gasteiger partial charge in [0.1, 0.15) is 0 Å². The molecule has 2 N–H and O–H groups in total. The van der Waals surface area contributed by atoms with Gasteiger partial charge in [0.2, 0.25) is 11.8 Å². The summed E-state index contributed by atoms with van der Waals surface area (Å²) >= 11 is 0. The molecule has 1 unspecified atom stereocenters. The molecule has 2 fully saturated rings. The van der Waals surface area contributed by atoms with Crippen LogP contribution in [0.3, 0.4) is 0 Å². The molecule has 2 aliphatic heterocycles. The van der Waals surface area contributed by atoms with Gasteiger partial charge in [0.05, 0.1) is 6.04 Å². The fraction of sp³-hybridized carbons (Fsp3) is 0.800. The quantitative estimate of drug-likeness (QED) is 0.590. The van der Waals surface area contributed by atoms with Crippen LogP contribution in [0.15, 0.2) is 0 Å². The number of carbonyl (C=O) groups excluding carboxylic acids is 2. The van der Waals surface area contributed by atoms with Crippen molar-refractivity contribution < 1.29 is 9.59 Å². The zero-order valence-corrected chi connectivity index (χ0v) is 8.79. The lowest BCUT2D eigenvalue weighted by atomic mass is 10.2. The lowest BCUT2D eigenvalue weighted by molar-refractivity contribution is -0.132. The second kappa shape index (κ2) is 4.61. The normalized spacial score (nSPS) is 27.3. The average molecular weight is 211 g/mol. The molecule has 5 heteroatoms. The van der Waals surface area contributed by atoms with Crippen molar-refractivity contribution in [3.8, 4) is 0 Å². The molecule has 5 nitrogen and oxygen atoms in total. The van der Waals surface area contributed by atoms with Crippen molar-refractivity contribution in [3.05, 3.63) is 0 Å². The summed E-state index contributed by atoms with van der Waals surface area (Å²) < 4.78 is 0. The second-order valence-corrected chi connectivity index (χ2v) is 4.07. The number of amides is 2. The molecule has 2 heterocycles. The SMILES string of the molecule is O=C1CCN(C(=O)C2CCCN2)CCN1. The molecular weight excluding hydrogens is 194 g/mol. The minimum absolute atomic E-state index is 0.0156. The first-order valence-corrected chi connectivity index (χ1v) is 5.56. The summed E-state index contributed by atoms with van der Waals surface area (Å²) in [7, 11) is 0. The molecule has 0 radical (unpaired) electrons. The molecule has 0 spiro atoms. The summed E-state index contributed by atoms with van der Waals surface area (Å²) in [6.45, 7) is 2.71. The van der Waals surface area contributed by atoms with Gasteiger partial charge in [0.25, 0.3) is 0 Å². The first-order chi connectivity index (χ1) is 7.27. The Hall–Kier alpha value is -1.10. The van der Waals surface area contributed by atoms with E-state index < -0.39 is 0 Å². The van der Waals surface area contributed by atoms with Gasteiger partial charge in [-0.25, -0.2) is 0 Å². The third-order valence-corrected chi connectivity index (χ3v) is 2.98. The first kappa shape index (κ1) is 10.4. The predicted molar refractivity (Wildman–Crippen MR) is 55.2 cm³/mol. The van der Waals surface area contributed by atoms with E-state index in [0.29, 0.717) is 26.1 Å². The fourth-order valence-corrected chi connectivity index (χ4v) is 2.10. The molecule has 2 aliphatic rings. The Morgan fingerprint density at radius 2 is 2.20 bits per heavy atom. The zero-order chi connectivity index (χ0) is 10.7. The Morgan fingerprint density at radius 3 is 2.93 bits per heavy atom. The van der Waals surface area contributed by atoms with Crippen molar-refractivity contribution in [1.82, 2.24) is 15.5 Å². The standard InChI is InChI=1S/C10H17N3O2/c14-9-3-6-13(7-5-12-9)10(15)8-2-1-4-11-8/h8,11H,1-7H2,(H,12,14). The summed E-state index contributed by atoms with van der Waals surface area (Å²) in [5.74, 6) is 0.202. The van der Waals surface area contributed by atoms with Gasteiger partial charge in [0, 0.05) is 26.1 Å². The van der Waals surface area contributed by atoms with E-state index in [1.807, 2.05) is 0 Å². The van der Waals surface area contributed by atoms with E-state index in [4.69, 9.17) is 0 Å². The highest BCUT2D eigenvalue weighted by atomic mass is 16.2. The van der Waals surface area contributed by atoms with E-state index in [-0.39, 0.29) is 17.9 Å². The fourth-order valence-electron chi connectivity index (χ4n) is 2.10. The Bertz CT molecular complexity index is 261. The third-order valence-electron chi connectivity index (χ3n) is 2.98. The average Bonchev–Trinajstić information content (AvgIpc) is 2.67. The molecule has 2 rings (SSSR count). The number of carbonyl (C=O) groups is 2. The Balaban J connectivity index is 1.91. The van der Waals surface area contributed by atoms with Crippen LogP contribution in [-0.4, -0.2) is 48.9 Å². The molecule has 0 aromatic carbocycles. The summed E-state index contributed by atoms with van der Waals surface area (Å²) in [4.78, 5) is 24.9. The van der Waals surface area contributed by atoms with Gasteiger partial charge in [-0.3, -0.25) is 9.59 Å². The van der Waals surface area contributed by atoms with E-state index in [1.165, 1.54) is 0 Å². The van der Waals surface area contributed by atoms with Crippen LogP contribution in [0.1, 0.15) is 19.3 Å². The number of rotatable bonds is 1. The molecule has 0 bridgehead atoms. The molecule has 0 saturated carbocycles. The van der Waals surface area contributed by atoms with Crippen LogP contribution in [0.25, 0.3) is 0 Å². The number of hydrogen-bond acceptors (Lipinski definition) is 3. The van der Waals surface area contributed by atoms with Gasteiger partial charge in [-0.1, -0.05) is 0 Å². The molecule has 1 atom stereocenters. The van der Waals surface area contributed by atoms with Crippen LogP contribution in [-0.2, 0) is 9.59 Å². The molecule has 0 aliphatic carbocycles. The molecular formula is C10H17N3O2. The van der Waals surface area contributed by atoms with E-state index in [1.54, 1.807) is 4.90 Å². The highest BCUT2D eigenvalue weighted by Crippen LogP contribution is 2.09. The molecule has 0 aromatic heterocycles. The summed E-state index contributed by atoms with van der Waals surface area (Å²) in [5, 5.41) is 5.96. The Labute approximate surface area is 89.2 Å². The topological polar surface area (TPSA) is 61.4 Å². The van der Waals surface area contributed by atoms with Crippen molar-refractivity contribution in [3.63, 3.8) is 0 Å². The van der Waals surface area contributed by atoms with E-state index in [9.17, 15) is 9.59 Å². The molecule has 0 aromatic rings. The predicted octanol–water partition coefficient (Wildman–Crippen LogP) is -0.913. The van der Waals surface area contributed by atoms with Gasteiger partial charge >= 0.3 is 0 Å². The van der Waals surface area contributed by atoms with Crippen LogP contribution in [0.5, 0.6) is 0 Å². The molecule has 2 amide bonds. The lowest BCUT2D eigenvalue weighted by Gasteiger charge is -2.23. The van der Waals surface area contributed by atoms with Crippen LogP contribution >= 0.6 is 0 Å². The van der Waals surface area contributed by atoms with Gasteiger partial charge in [-0.15, -0.1) is 0 Å². The maximum atomic E-state index is 12.0. The highest BCUT2D eigenvalue weighted by molar-refractivity contribution is 5.83. The maximum absolute atomic E-state index is 12.0. The third kappa shape index (κ3) is 2.47. The smallest absolute Gasteiger partial charge is 0.239 e. The van der Waals surface area contributed by atoms with Crippen molar-refractivity contribution in [2.45, 2.75) is 25.3 Å². The summed E-state index contributed by atoms with van der Waals surface area (Å²) in [5.41, 5.74) is 0. The van der Waals surface area contributed by atoms with E-state index in [2.05, 4.69) is 10.6 Å². The van der Waals surface area contributed by atoms with Crippen LogP contribution < -0.4 is 10.6 Å². The van der Waals surface area contributed by atoms with Gasteiger partial charge in [-0.05, 0) is 19.4 Å².